The number of thiazole rings is 1. The molecule has 37 heavy (non-hydrogen) atoms. The molecule has 10 heteroatoms. The molecule has 0 spiro atoms. The van der Waals surface area contributed by atoms with Crippen molar-refractivity contribution in [2.24, 2.45) is 5.92 Å². The van der Waals surface area contributed by atoms with Gasteiger partial charge in [-0.1, -0.05) is 73.5 Å². The second-order valence-electron chi connectivity index (χ2n) is 9.42. The van der Waals surface area contributed by atoms with Crippen LogP contribution >= 0.6 is 23.1 Å². The van der Waals surface area contributed by atoms with Gasteiger partial charge in [0.2, 0.25) is 0 Å². The molecular weight excluding hydrogens is 527 g/mol. The number of hydroxylamine groups is 1. The van der Waals surface area contributed by atoms with E-state index in [1.807, 2.05) is 12.1 Å². The Morgan fingerprint density at radius 3 is 2.59 bits per heavy atom. The van der Waals surface area contributed by atoms with Crippen molar-refractivity contribution in [3.05, 3.63) is 72.3 Å². The summed E-state index contributed by atoms with van der Waals surface area (Å²) in [7, 11) is -3.95. The van der Waals surface area contributed by atoms with Crippen molar-refractivity contribution in [1.29, 1.82) is 0 Å². The Morgan fingerprint density at radius 2 is 1.92 bits per heavy atom. The standard InChI is InChI=1S/C27H33N3O4S3/c1-3-24(37(33,34)26(20-12-8-5-9-13-20)28-18(2)25(31)30-32)21-14-15-22-23(16-21)36-27(29-22)35-17-19-10-6-4-7-11-19/h3,5,8-9,12-16,18-19,24,26,28,32H,1,4,6-7,10-11,17H2,2H3,(H,30,31). The number of rotatable bonds is 11. The highest BCUT2D eigenvalue weighted by atomic mass is 32.2. The minimum atomic E-state index is -3.95. The fourth-order valence-corrected chi connectivity index (χ4v) is 9.06. The Hall–Kier alpha value is -2.24. The molecule has 4 rings (SSSR count). The number of fused-ring (bicyclic) bond motifs is 1. The van der Waals surface area contributed by atoms with Gasteiger partial charge in [-0.3, -0.25) is 15.3 Å². The molecule has 1 heterocycles. The molecule has 3 atom stereocenters. The van der Waals surface area contributed by atoms with Crippen molar-refractivity contribution in [3.63, 3.8) is 0 Å². The molecule has 3 N–H and O–H groups in total. The average molecular weight is 560 g/mol. The van der Waals surface area contributed by atoms with Gasteiger partial charge in [-0.15, -0.1) is 17.9 Å². The van der Waals surface area contributed by atoms with Crippen molar-refractivity contribution >= 4 is 49.1 Å². The Balaban J connectivity index is 1.61. The van der Waals surface area contributed by atoms with Crippen LogP contribution in [0.5, 0.6) is 0 Å². The maximum Gasteiger partial charge on any atom is 0.260 e. The molecule has 0 aliphatic heterocycles. The van der Waals surface area contributed by atoms with Crippen LogP contribution in [0.2, 0.25) is 0 Å². The number of hydrogen-bond donors (Lipinski definition) is 3. The Labute approximate surface area is 226 Å². The molecule has 3 unspecified atom stereocenters. The Bertz CT molecular complexity index is 1320. The summed E-state index contributed by atoms with van der Waals surface area (Å²) >= 11 is 3.38. The summed E-state index contributed by atoms with van der Waals surface area (Å²) < 4.78 is 29.9. The molecule has 1 amide bonds. The van der Waals surface area contributed by atoms with Crippen LogP contribution in [0.25, 0.3) is 10.2 Å². The van der Waals surface area contributed by atoms with Crippen LogP contribution in [0.4, 0.5) is 0 Å². The first-order valence-corrected chi connectivity index (χ1v) is 15.9. The molecule has 7 nitrogen and oxygen atoms in total. The molecule has 0 radical (unpaired) electrons. The van der Waals surface area contributed by atoms with Crippen LogP contribution in [-0.2, 0) is 14.6 Å². The van der Waals surface area contributed by atoms with Gasteiger partial charge in [0, 0.05) is 5.75 Å². The molecule has 1 aliphatic carbocycles. The van der Waals surface area contributed by atoms with Gasteiger partial charge in [0.15, 0.2) is 14.2 Å². The second kappa shape index (κ2) is 12.5. The van der Waals surface area contributed by atoms with Crippen molar-refractivity contribution in [1.82, 2.24) is 15.8 Å². The van der Waals surface area contributed by atoms with Crippen LogP contribution in [0, 0.1) is 5.92 Å². The van der Waals surface area contributed by atoms with Gasteiger partial charge >= 0.3 is 0 Å². The van der Waals surface area contributed by atoms with Crippen LogP contribution < -0.4 is 10.8 Å². The number of amides is 1. The predicted octanol–water partition coefficient (Wildman–Crippen LogP) is 5.79. The summed E-state index contributed by atoms with van der Waals surface area (Å²) in [6.07, 6.45) is 7.96. The average Bonchev–Trinajstić information content (AvgIpc) is 3.33. The number of benzene rings is 2. The quantitative estimate of drug-likeness (QED) is 0.118. The highest BCUT2D eigenvalue weighted by Gasteiger charge is 2.36. The van der Waals surface area contributed by atoms with Crippen molar-refractivity contribution < 1.29 is 18.4 Å². The number of carbonyl (C=O) groups is 1. The highest BCUT2D eigenvalue weighted by molar-refractivity contribution is 8.01. The van der Waals surface area contributed by atoms with Gasteiger partial charge in [0.25, 0.3) is 5.91 Å². The van der Waals surface area contributed by atoms with Crippen LogP contribution in [0.3, 0.4) is 0 Å². The van der Waals surface area contributed by atoms with E-state index >= 15 is 0 Å². The minimum Gasteiger partial charge on any atom is -0.289 e. The van der Waals surface area contributed by atoms with Crippen LogP contribution in [0.15, 0.2) is 65.5 Å². The molecular formula is C27H33N3O4S3. The SMILES string of the molecule is C=CC(c1ccc2nc(SCC3CCCCC3)sc2c1)S(=O)(=O)C(NC(C)C(=O)NO)c1ccccc1. The first-order valence-electron chi connectivity index (χ1n) is 12.5. The molecule has 198 valence electrons. The smallest absolute Gasteiger partial charge is 0.260 e. The van der Waals surface area contributed by atoms with E-state index in [1.165, 1.54) is 45.1 Å². The van der Waals surface area contributed by atoms with E-state index < -0.39 is 32.4 Å². The van der Waals surface area contributed by atoms with E-state index in [4.69, 9.17) is 10.2 Å². The molecule has 1 aliphatic rings. The first-order chi connectivity index (χ1) is 17.8. The fraction of sp³-hybridized carbons (Fsp3) is 0.407. The molecule has 1 fully saturated rings. The molecule has 1 aromatic heterocycles. The number of hydrogen-bond acceptors (Lipinski definition) is 8. The fourth-order valence-electron chi connectivity index (χ4n) is 4.72. The van der Waals surface area contributed by atoms with Gasteiger partial charge in [-0.25, -0.2) is 18.9 Å². The lowest BCUT2D eigenvalue weighted by Gasteiger charge is -2.26. The molecule has 0 saturated heterocycles. The maximum absolute atomic E-state index is 14.0. The van der Waals surface area contributed by atoms with Crippen molar-refractivity contribution in [3.8, 4) is 0 Å². The van der Waals surface area contributed by atoms with E-state index in [-0.39, 0.29) is 0 Å². The van der Waals surface area contributed by atoms with Gasteiger partial charge in [-0.2, -0.15) is 0 Å². The highest BCUT2D eigenvalue weighted by Crippen LogP contribution is 2.38. The predicted molar refractivity (Wildman–Crippen MR) is 150 cm³/mol. The third-order valence-electron chi connectivity index (χ3n) is 6.79. The summed E-state index contributed by atoms with van der Waals surface area (Å²) in [4.78, 5) is 16.7. The lowest BCUT2D eigenvalue weighted by atomic mass is 9.91. The van der Waals surface area contributed by atoms with E-state index in [2.05, 4.69) is 11.9 Å². The van der Waals surface area contributed by atoms with Gasteiger partial charge in [0.1, 0.15) is 10.6 Å². The summed E-state index contributed by atoms with van der Waals surface area (Å²) in [6, 6.07) is 13.3. The van der Waals surface area contributed by atoms with Crippen molar-refractivity contribution in [2.45, 2.75) is 60.0 Å². The second-order valence-corrected chi connectivity index (χ2v) is 13.9. The lowest BCUT2D eigenvalue weighted by molar-refractivity contribution is -0.131. The summed E-state index contributed by atoms with van der Waals surface area (Å²) in [5.74, 6) is 1.09. The maximum atomic E-state index is 14.0. The number of carbonyl (C=O) groups excluding carboxylic acids is 1. The summed E-state index contributed by atoms with van der Waals surface area (Å²) in [5, 5.41) is 9.70. The minimum absolute atomic E-state index is 0.493. The molecule has 2 aromatic carbocycles. The number of nitrogens with one attached hydrogen (secondary N) is 2. The number of sulfone groups is 1. The molecule has 3 aromatic rings. The Kier molecular flexibility index (Phi) is 9.41. The molecule has 1 saturated carbocycles. The van der Waals surface area contributed by atoms with Crippen LogP contribution in [-0.4, -0.2) is 36.3 Å². The third-order valence-corrected chi connectivity index (χ3v) is 11.4. The zero-order valence-corrected chi connectivity index (χ0v) is 23.2. The topological polar surface area (TPSA) is 108 Å². The normalized spacial score (nSPS) is 17.2. The number of nitrogens with zero attached hydrogens (tertiary/aromatic N) is 1. The van der Waals surface area contributed by atoms with Gasteiger partial charge in [-0.05, 0) is 48.9 Å². The number of thioether (sulfide) groups is 1. The van der Waals surface area contributed by atoms with E-state index in [1.54, 1.807) is 65.0 Å². The van der Waals surface area contributed by atoms with E-state index in [0.29, 0.717) is 11.1 Å². The zero-order valence-electron chi connectivity index (χ0n) is 20.8. The van der Waals surface area contributed by atoms with Gasteiger partial charge in [0.05, 0.1) is 16.3 Å². The monoisotopic (exact) mass is 559 g/mol. The number of aromatic nitrogens is 1. The summed E-state index contributed by atoms with van der Waals surface area (Å²) in [6.45, 7) is 5.33. The summed E-state index contributed by atoms with van der Waals surface area (Å²) in [5.41, 5.74) is 3.52. The lowest BCUT2D eigenvalue weighted by Crippen LogP contribution is -2.45. The first kappa shape index (κ1) is 27.8. The van der Waals surface area contributed by atoms with Crippen molar-refractivity contribution in [2.75, 3.05) is 5.75 Å². The van der Waals surface area contributed by atoms with E-state index in [9.17, 15) is 13.2 Å². The van der Waals surface area contributed by atoms with Gasteiger partial charge < -0.3 is 0 Å². The third kappa shape index (κ3) is 6.61. The van der Waals surface area contributed by atoms with Crippen LogP contribution in [0.1, 0.15) is 60.8 Å². The van der Waals surface area contributed by atoms with E-state index in [0.717, 1.165) is 26.2 Å². The Morgan fingerprint density at radius 1 is 1.19 bits per heavy atom. The zero-order chi connectivity index (χ0) is 26.4. The largest absolute Gasteiger partial charge is 0.289 e. The molecule has 0 bridgehead atoms.